The minimum absolute atomic E-state index is 0.00554. The van der Waals surface area contributed by atoms with Gasteiger partial charge in [0, 0.05) is 23.9 Å². The fourth-order valence-electron chi connectivity index (χ4n) is 6.06. The van der Waals surface area contributed by atoms with Crippen molar-refractivity contribution >= 4 is 40.7 Å². The van der Waals surface area contributed by atoms with Crippen molar-refractivity contribution in [3.8, 4) is 22.9 Å². The largest absolute Gasteiger partial charge is 0.416 e. The summed E-state index contributed by atoms with van der Waals surface area (Å²) in [5, 5.41) is 8.13. The van der Waals surface area contributed by atoms with E-state index >= 15 is 0 Å². The third-order valence-corrected chi connectivity index (χ3v) is 9.16. The molecule has 0 spiro atoms. The number of aromatic nitrogens is 2. The minimum Gasteiger partial charge on any atom is -0.416 e. The van der Waals surface area contributed by atoms with Crippen LogP contribution in [0.2, 0.25) is 0 Å². The fourth-order valence-corrected chi connectivity index (χ4v) is 6.06. The van der Waals surface area contributed by atoms with E-state index in [0.717, 1.165) is 52.6 Å². The summed E-state index contributed by atoms with van der Waals surface area (Å²) >= 11 is 0. The van der Waals surface area contributed by atoms with E-state index in [1.807, 2.05) is 13.0 Å². The van der Waals surface area contributed by atoms with Crippen LogP contribution >= 0.6 is 0 Å². The zero-order valence-electron chi connectivity index (χ0n) is 26.0. The van der Waals surface area contributed by atoms with Crippen LogP contribution in [0.25, 0.3) is 22.9 Å². The zero-order chi connectivity index (χ0) is 35.2. The maximum Gasteiger partial charge on any atom is 0.402 e. The zero-order valence-corrected chi connectivity index (χ0v) is 26.0. The Bertz CT molecular complexity index is 2300. The van der Waals surface area contributed by atoms with Gasteiger partial charge in [0.15, 0.2) is 0 Å². The van der Waals surface area contributed by atoms with Crippen LogP contribution in [0.5, 0.6) is 0 Å². The Hall–Kier alpha value is -6.31. The number of hydrogen-bond donors (Lipinski definition) is 2. The number of nitrogens with zero attached hydrogens (tertiary/aromatic N) is 4. The van der Waals surface area contributed by atoms with Gasteiger partial charge in [-0.15, -0.1) is 10.2 Å². The van der Waals surface area contributed by atoms with Crippen molar-refractivity contribution in [3.05, 3.63) is 112 Å². The van der Waals surface area contributed by atoms with Crippen molar-refractivity contribution in [1.29, 1.82) is 0 Å². The van der Waals surface area contributed by atoms with E-state index in [9.17, 15) is 32.3 Å². The highest BCUT2D eigenvalue weighted by atomic mass is 19.4. The third kappa shape index (κ3) is 4.58. The quantitative estimate of drug-likeness (QED) is 0.175. The number of rotatable bonds is 5. The standard InChI is InChI=1S/C35H25F3N6O5/c1-16-4-5-17(12-25(16)39)28-41-42-29(49-28)18-6-11-27(26(40)13-18)44-32(47)22-10-8-20(15-24(22)33(44)48)34(2,35(36,37)38)19-7-9-21-23(14-19)31(46)43(3)30(21)45/h4-15H,39-40H2,1-3H3. The summed E-state index contributed by atoms with van der Waals surface area (Å²) in [4.78, 5) is 53.7. The molecule has 2 aliphatic heterocycles. The van der Waals surface area contributed by atoms with Crippen LogP contribution in [-0.2, 0) is 5.41 Å². The van der Waals surface area contributed by atoms with Crippen LogP contribution in [0.3, 0.4) is 0 Å². The molecule has 2 aliphatic rings. The summed E-state index contributed by atoms with van der Waals surface area (Å²) in [7, 11) is 1.24. The smallest absolute Gasteiger partial charge is 0.402 e. The first-order valence-corrected chi connectivity index (χ1v) is 14.8. The van der Waals surface area contributed by atoms with Crippen molar-refractivity contribution in [3.63, 3.8) is 0 Å². The Kier molecular flexibility index (Phi) is 6.77. The maximum atomic E-state index is 14.9. The second-order valence-corrected chi connectivity index (χ2v) is 12.0. The molecule has 11 nitrogen and oxygen atoms in total. The van der Waals surface area contributed by atoms with Crippen LogP contribution < -0.4 is 16.4 Å². The molecule has 4 aromatic carbocycles. The molecular weight excluding hydrogens is 641 g/mol. The molecule has 0 saturated heterocycles. The van der Waals surface area contributed by atoms with Gasteiger partial charge in [0.25, 0.3) is 23.6 Å². The van der Waals surface area contributed by atoms with Crippen molar-refractivity contribution in [1.82, 2.24) is 15.1 Å². The number of hydrogen-bond acceptors (Lipinski definition) is 9. The van der Waals surface area contributed by atoms with E-state index in [4.69, 9.17) is 15.9 Å². The monoisotopic (exact) mass is 666 g/mol. The molecule has 1 aromatic heterocycles. The molecule has 3 heterocycles. The van der Waals surface area contributed by atoms with Gasteiger partial charge in [-0.25, -0.2) is 4.90 Å². The van der Waals surface area contributed by atoms with Crippen molar-refractivity contribution in [2.24, 2.45) is 0 Å². The van der Waals surface area contributed by atoms with E-state index in [-0.39, 0.29) is 56.5 Å². The number of carbonyl (C=O) groups is 4. The molecule has 5 aromatic rings. The molecule has 14 heteroatoms. The molecule has 4 amide bonds. The Morgan fingerprint density at radius 3 is 1.69 bits per heavy atom. The number of imide groups is 2. The minimum atomic E-state index is -4.92. The maximum absolute atomic E-state index is 14.9. The fraction of sp³-hybridized carbons (Fsp3) is 0.143. The topological polar surface area (TPSA) is 166 Å². The predicted molar refractivity (Wildman–Crippen MR) is 172 cm³/mol. The summed E-state index contributed by atoms with van der Waals surface area (Å²) in [6, 6.07) is 16.3. The summed E-state index contributed by atoms with van der Waals surface area (Å²) < 4.78 is 50.6. The molecule has 0 bridgehead atoms. The molecule has 49 heavy (non-hydrogen) atoms. The molecular formula is C35H25F3N6O5. The lowest BCUT2D eigenvalue weighted by molar-refractivity contribution is -0.173. The molecule has 7 rings (SSSR count). The Morgan fingerprint density at radius 1 is 0.653 bits per heavy atom. The number of amides is 4. The van der Waals surface area contributed by atoms with E-state index in [0.29, 0.717) is 16.8 Å². The number of fused-ring (bicyclic) bond motifs is 2. The number of carbonyl (C=O) groups excluding carboxylic acids is 4. The van der Waals surface area contributed by atoms with E-state index < -0.39 is 35.2 Å². The van der Waals surface area contributed by atoms with Gasteiger partial charge in [0.05, 0.1) is 33.6 Å². The number of halogens is 3. The Labute approximate surface area is 275 Å². The summed E-state index contributed by atoms with van der Waals surface area (Å²) in [5.74, 6) is -2.69. The number of nitrogen functional groups attached to an aromatic ring is 2. The molecule has 1 unspecified atom stereocenters. The lowest BCUT2D eigenvalue weighted by Gasteiger charge is -2.33. The summed E-state index contributed by atoms with van der Waals surface area (Å²) in [5.41, 5.74) is 10.8. The lowest BCUT2D eigenvalue weighted by atomic mass is 9.74. The average molecular weight is 667 g/mol. The van der Waals surface area contributed by atoms with Gasteiger partial charge in [-0.05, 0) is 85.1 Å². The van der Waals surface area contributed by atoms with Crippen LogP contribution in [0.15, 0.2) is 77.2 Å². The number of aryl methyl sites for hydroxylation is 1. The Morgan fingerprint density at radius 2 is 1.14 bits per heavy atom. The number of benzene rings is 4. The van der Waals surface area contributed by atoms with Gasteiger partial charge in [-0.3, -0.25) is 24.1 Å². The van der Waals surface area contributed by atoms with E-state index in [1.165, 1.54) is 31.3 Å². The van der Waals surface area contributed by atoms with Gasteiger partial charge >= 0.3 is 6.18 Å². The Balaban J connectivity index is 1.22. The highest BCUT2D eigenvalue weighted by Crippen LogP contribution is 2.48. The lowest BCUT2D eigenvalue weighted by Crippen LogP contribution is -2.41. The van der Waals surface area contributed by atoms with Gasteiger partial charge in [-0.2, -0.15) is 13.2 Å². The van der Waals surface area contributed by atoms with Gasteiger partial charge in [0.1, 0.15) is 5.41 Å². The van der Waals surface area contributed by atoms with Crippen molar-refractivity contribution in [2.45, 2.75) is 25.4 Å². The summed E-state index contributed by atoms with van der Waals surface area (Å²) in [6.07, 6.45) is -4.92. The van der Waals surface area contributed by atoms with Crippen molar-refractivity contribution in [2.75, 3.05) is 23.4 Å². The first kappa shape index (κ1) is 31.3. The molecule has 0 aliphatic carbocycles. The van der Waals surface area contributed by atoms with Gasteiger partial charge in [-0.1, -0.05) is 18.2 Å². The average Bonchev–Trinajstić information content (AvgIpc) is 3.72. The third-order valence-electron chi connectivity index (χ3n) is 9.16. The normalized spacial score (nSPS) is 15.6. The SMILES string of the molecule is Cc1ccc(-c2nnc(-c3ccc(N4C(=O)c5ccc(C(C)(c6ccc7c(c6)C(=O)N(C)C7=O)C(F)(F)F)cc5C4=O)c(N)c3)o2)cc1N. The number of anilines is 3. The van der Waals surface area contributed by atoms with Crippen LogP contribution in [0.4, 0.5) is 30.2 Å². The van der Waals surface area contributed by atoms with Crippen LogP contribution in [-0.4, -0.2) is 51.9 Å². The molecule has 0 saturated carbocycles. The highest BCUT2D eigenvalue weighted by molar-refractivity contribution is 6.35. The molecule has 0 fully saturated rings. The van der Waals surface area contributed by atoms with Crippen LogP contribution in [0.1, 0.15) is 65.0 Å². The van der Waals surface area contributed by atoms with E-state index in [2.05, 4.69) is 10.2 Å². The second-order valence-electron chi connectivity index (χ2n) is 12.0. The number of alkyl halides is 3. The molecule has 4 N–H and O–H groups in total. The molecule has 0 radical (unpaired) electrons. The predicted octanol–water partition coefficient (Wildman–Crippen LogP) is 5.77. The highest BCUT2D eigenvalue weighted by Gasteiger charge is 2.55. The molecule has 246 valence electrons. The van der Waals surface area contributed by atoms with Crippen molar-refractivity contribution < 1.29 is 36.8 Å². The second kappa shape index (κ2) is 10.6. The summed E-state index contributed by atoms with van der Waals surface area (Å²) in [6.45, 7) is 2.77. The molecule has 1 atom stereocenters. The first-order valence-electron chi connectivity index (χ1n) is 14.8. The van der Waals surface area contributed by atoms with Crippen LogP contribution in [0, 0.1) is 6.92 Å². The van der Waals surface area contributed by atoms with Gasteiger partial charge in [0.2, 0.25) is 11.8 Å². The van der Waals surface area contributed by atoms with E-state index in [1.54, 1.807) is 12.1 Å². The number of nitrogens with two attached hydrogens (primary N) is 2. The first-order chi connectivity index (χ1) is 23.1. The van der Waals surface area contributed by atoms with Gasteiger partial charge < -0.3 is 15.9 Å².